The Balaban J connectivity index is 0.973. The first-order valence-electron chi connectivity index (χ1n) is 32.1. The summed E-state index contributed by atoms with van der Waals surface area (Å²) in [6.45, 7) is 21.5. The molecule has 2 atom stereocenters. The normalized spacial score (nSPS) is 12.3. The fraction of sp³-hybridized carbons (Fsp3) is 0.588. The number of thiazole rings is 2. The van der Waals surface area contributed by atoms with E-state index in [0.717, 1.165) is 140 Å². The predicted octanol–water partition coefficient (Wildman–Crippen LogP) is 18.8. The third kappa shape index (κ3) is 21.6. The van der Waals surface area contributed by atoms with Gasteiger partial charge in [-0.1, -0.05) is 173 Å². The van der Waals surface area contributed by atoms with Gasteiger partial charge in [0, 0.05) is 57.0 Å². The van der Waals surface area contributed by atoms with E-state index >= 15 is 0 Å². The van der Waals surface area contributed by atoms with Crippen LogP contribution in [-0.2, 0) is 16.0 Å². The monoisotopic (exact) mass is 1190 g/mol. The minimum absolute atomic E-state index is 0.111. The van der Waals surface area contributed by atoms with Gasteiger partial charge in [-0.25, -0.2) is 25.6 Å². The zero-order valence-corrected chi connectivity index (χ0v) is 54.5. The van der Waals surface area contributed by atoms with E-state index in [-0.39, 0.29) is 17.8 Å². The Morgan fingerprint density at radius 2 is 1.27 bits per heavy atom. The van der Waals surface area contributed by atoms with Crippen molar-refractivity contribution in [3.63, 3.8) is 0 Å². The number of anilines is 4. The molecule has 0 spiro atoms. The Labute approximate surface area is 511 Å². The van der Waals surface area contributed by atoms with Gasteiger partial charge in [-0.3, -0.25) is 4.79 Å². The number of nitrogens with zero attached hydrogens (tertiary/aromatic N) is 6. The van der Waals surface area contributed by atoms with E-state index in [1.165, 1.54) is 105 Å². The molecule has 1 amide bonds. The van der Waals surface area contributed by atoms with E-state index in [2.05, 4.69) is 110 Å². The van der Waals surface area contributed by atoms with E-state index in [4.69, 9.17) is 24.2 Å². The second-order valence-electron chi connectivity index (χ2n) is 23.1. The van der Waals surface area contributed by atoms with Gasteiger partial charge in [-0.15, -0.1) is 10.2 Å². The molecule has 2 aromatic heterocycles. The molecule has 2 heterocycles. The highest BCUT2D eigenvalue weighted by molar-refractivity contribution is 7.22. The van der Waals surface area contributed by atoms with Crippen LogP contribution in [0, 0.1) is 18.8 Å². The number of hydrogen-bond donors (Lipinski definition) is 3. The number of fused-ring (bicyclic) bond motifs is 2. The van der Waals surface area contributed by atoms with Gasteiger partial charge >= 0.3 is 5.97 Å². The molecule has 0 fully saturated rings. The van der Waals surface area contributed by atoms with Gasteiger partial charge in [0.2, 0.25) is 16.2 Å². The van der Waals surface area contributed by atoms with Crippen LogP contribution >= 0.6 is 22.7 Å². The van der Waals surface area contributed by atoms with Gasteiger partial charge in [0.25, 0.3) is 0 Å². The van der Waals surface area contributed by atoms with Crippen LogP contribution in [0.4, 0.5) is 38.7 Å². The largest absolute Gasteiger partial charge is 0.494 e. The lowest BCUT2D eigenvalue weighted by atomic mass is 9.92. The number of nitrogens with one attached hydrogen (secondary N) is 2. The Bertz CT molecular complexity index is 2950. The number of azo groups is 1. The molecule has 0 saturated carbocycles. The van der Waals surface area contributed by atoms with Gasteiger partial charge in [-0.05, 0) is 111 Å². The number of aromatic nitrogens is 2. The van der Waals surface area contributed by atoms with Crippen LogP contribution in [0.2, 0.25) is 0 Å². The van der Waals surface area contributed by atoms with E-state index in [1.807, 2.05) is 35.8 Å². The van der Waals surface area contributed by atoms with Crippen molar-refractivity contribution in [1.82, 2.24) is 9.97 Å². The van der Waals surface area contributed by atoms with Crippen LogP contribution in [-0.4, -0.2) is 68.8 Å². The number of carbonyl (C=O) groups is 2. The molecule has 4 N–H and O–H groups in total. The molecule has 4 aromatic carbocycles. The maximum Gasteiger partial charge on any atom is 0.338 e. The number of amides is 1. The molecule has 0 saturated heterocycles. The van der Waals surface area contributed by atoms with Crippen molar-refractivity contribution in [3.05, 3.63) is 77.4 Å². The molecule has 0 aliphatic heterocycles. The fourth-order valence-corrected chi connectivity index (χ4v) is 12.7. The molecular formula is C68H102N9O5S2+. The van der Waals surface area contributed by atoms with Crippen LogP contribution in [0.5, 0.6) is 11.5 Å². The number of benzene rings is 4. The molecule has 16 heteroatoms. The van der Waals surface area contributed by atoms with Crippen LogP contribution in [0.25, 0.3) is 20.4 Å². The molecular weight excluding hydrogens is 1090 g/mol. The summed E-state index contributed by atoms with van der Waals surface area (Å²) in [5.74, 6) is 1.82. The van der Waals surface area contributed by atoms with Crippen LogP contribution in [0.3, 0.4) is 0 Å². The topological polar surface area (TPSA) is 159 Å². The summed E-state index contributed by atoms with van der Waals surface area (Å²) in [6.07, 6.45) is 27.0. The first kappa shape index (κ1) is 67.3. The minimum Gasteiger partial charge on any atom is -0.494 e. The summed E-state index contributed by atoms with van der Waals surface area (Å²) >= 11 is 3.05. The van der Waals surface area contributed by atoms with Crippen molar-refractivity contribution in [2.75, 3.05) is 67.5 Å². The van der Waals surface area contributed by atoms with E-state index in [0.29, 0.717) is 39.8 Å². The summed E-state index contributed by atoms with van der Waals surface area (Å²) in [5, 5.41) is 13.7. The number of rotatable bonds is 42. The summed E-state index contributed by atoms with van der Waals surface area (Å²) in [4.78, 5) is 40.5. The third-order valence-electron chi connectivity index (χ3n) is 16.1. The highest BCUT2D eigenvalue weighted by Gasteiger charge is 2.21. The molecule has 84 heavy (non-hydrogen) atoms. The lowest BCUT2D eigenvalue weighted by Crippen LogP contribution is -2.82. The van der Waals surface area contributed by atoms with Crippen molar-refractivity contribution in [1.29, 1.82) is 0 Å². The molecule has 460 valence electrons. The van der Waals surface area contributed by atoms with Crippen LogP contribution < -0.4 is 35.4 Å². The number of esters is 1. The van der Waals surface area contributed by atoms with E-state index in [1.54, 1.807) is 32.5 Å². The van der Waals surface area contributed by atoms with Crippen molar-refractivity contribution in [2.24, 2.45) is 22.1 Å². The van der Waals surface area contributed by atoms with E-state index in [9.17, 15) is 9.59 Å². The Morgan fingerprint density at radius 1 is 0.643 bits per heavy atom. The lowest BCUT2D eigenvalue weighted by Gasteiger charge is -2.28. The molecule has 2 unspecified atom stereocenters. The smallest absolute Gasteiger partial charge is 0.338 e. The van der Waals surface area contributed by atoms with Gasteiger partial charge < -0.3 is 29.3 Å². The highest BCUT2D eigenvalue weighted by Crippen LogP contribution is 2.42. The Morgan fingerprint density at radius 3 is 1.96 bits per heavy atom. The maximum absolute atomic E-state index is 13.5. The van der Waals surface area contributed by atoms with Crippen molar-refractivity contribution in [2.45, 2.75) is 203 Å². The molecule has 0 aliphatic carbocycles. The highest BCUT2D eigenvalue weighted by atomic mass is 32.1. The average Bonchev–Trinajstić information content (AvgIpc) is 4.12. The number of aryl methyl sites for hydroxylation is 2. The van der Waals surface area contributed by atoms with Crippen LogP contribution in [0.15, 0.2) is 70.9 Å². The summed E-state index contributed by atoms with van der Waals surface area (Å²) in [6, 6.07) is 20.4. The fourth-order valence-electron chi connectivity index (χ4n) is 10.9. The van der Waals surface area contributed by atoms with Crippen molar-refractivity contribution < 1.29 is 29.2 Å². The number of unbranched alkanes of at least 4 members (excludes halogenated alkanes) is 13. The maximum atomic E-state index is 13.5. The van der Waals surface area contributed by atoms with Gasteiger partial charge in [0.05, 0.1) is 52.5 Å². The number of nitrogens with two attached hydrogens (primary N) is 1. The quantitative estimate of drug-likeness (QED) is 0.00841. The first-order chi connectivity index (χ1) is 40.9. The number of hydrogen-bond acceptors (Lipinski definition) is 14. The summed E-state index contributed by atoms with van der Waals surface area (Å²) in [5.41, 5.74) is 14.6. The zero-order chi connectivity index (χ0) is 60.1. The second-order valence-corrected chi connectivity index (χ2v) is 25.1. The standard InChI is InChI=1S/C68H101N9O5S2/c1-11-16-20-23-24-25-31-53-34-36-55-64(43-53)83-68(70-55)75-73-59-46-63(81-10)61(47-62(59)80-9)77(38-19-14-4)41-29-26-30-49(6)32-33-52(15-5)48-82-66(79)54-35-37-56-65(44-54)84-67(71-56)74-72-58-42-50(7)60(45-57(58)69-51(8)78)76(39-27-21-17-12-2)40-28-22-18-13-3/h34-37,42-47,49,52,72H,11-33,38-41,48H2,1-10H3,(H,69,78)(H,71,74)/p+1. The molecule has 0 aliphatic rings. The molecule has 6 rings (SSSR count). The van der Waals surface area contributed by atoms with Gasteiger partial charge in [-0.2, -0.15) is 0 Å². The molecule has 6 aromatic rings. The Hall–Kier alpha value is -5.84. The Kier molecular flexibility index (Phi) is 29.5. The molecule has 0 radical (unpaired) electrons. The number of carbonyl (C=O) groups excluding carboxylic acids is 2. The molecule has 14 nitrogen and oxygen atoms in total. The zero-order valence-electron chi connectivity index (χ0n) is 52.8. The summed E-state index contributed by atoms with van der Waals surface area (Å²) < 4.78 is 19.9. The predicted molar refractivity (Wildman–Crippen MR) is 355 cm³/mol. The van der Waals surface area contributed by atoms with Crippen molar-refractivity contribution >= 4 is 93.7 Å². The SMILES string of the molecule is CCCCCCCCc1ccc2nc(N=Nc3cc(OC)c(N(CCCC)CCCCC(C)CCC(CC)COC(=O)c4ccc5nc(N[NH2+]c6cc(C)c(N(CCCCCC)CCCCCC)cc6NC(C)=O)sc5c4)cc3OC)sc2c1. The number of nitrogen functional groups attached to an aromatic ring is 1. The van der Waals surface area contributed by atoms with E-state index < -0.39 is 0 Å². The second kappa shape index (κ2) is 36.9. The first-order valence-corrected chi connectivity index (χ1v) is 33.7. The number of methoxy groups -OCH3 is 2. The third-order valence-corrected chi connectivity index (χ3v) is 18.0. The lowest BCUT2D eigenvalue weighted by molar-refractivity contribution is -0.537. The van der Waals surface area contributed by atoms with Crippen LogP contribution in [0.1, 0.15) is 211 Å². The summed E-state index contributed by atoms with van der Waals surface area (Å²) in [7, 11) is 3.40. The van der Waals surface area contributed by atoms with Crippen molar-refractivity contribution in [3.8, 4) is 11.5 Å². The molecule has 0 bridgehead atoms. The average molecular weight is 1190 g/mol. The number of quaternary nitrogens is 1. The number of ether oxygens (including phenoxy) is 3. The minimum atomic E-state index is -0.310. The van der Waals surface area contributed by atoms with Gasteiger partial charge in [0.1, 0.15) is 22.9 Å². The van der Waals surface area contributed by atoms with Gasteiger partial charge in [0.15, 0.2) is 5.69 Å².